The average molecular weight is 699 g/mol. The van der Waals surface area contributed by atoms with Crippen LogP contribution >= 0.6 is 35.3 Å². The molecule has 2 aliphatic rings. The van der Waals surface area contributed by atoms with Crippen LogP contribution in [0, 0.1) is 0 Å². The van der Waals surface area contributed by atoms with E-state index in [-0.39, 0.29) is 18.1 Å². The van der Waals surface area contributed by atoms with E-state index >= 15 is 0 Å². The summed E-state index contributed by atoms with van der Waals surface area (Å²) >= 11 is 9.96. The van der Waals surface area contributed by atoms with E-state index in [1.54, 1.807) is 16.7 Å². The number of nitrogens with zero attached hydrogens (tertiary/aromatic N) is 2. The molecule has 1 atom stereocenters. The molecule has 254 valence electrons. The lowest BCUT2D eigenvalue weighted by atomic mass is 9.94. The van der Waals surface area contributed by atoms with Crippen molar-refractivity contribution in [2.75, 3.05) is 38.2 Å². The SMILES string of the molecule is CSNCCN(CCCSc1ccc(Cl)c(CNC2(c3cnccc3-c3ccccc3OC3CC3)CC2)c1)C(=O)C(O)CCCCO. The van der Waals surface area contributed by atoms with Gasteiger partial charge in [-0.2, -0.15) is 0 Å². The molecule has 47 heavy (non-hydrogen) atoms. The van der Waals surface area contributed by atoms with Gasteiger partial charge in [0.15, 0.2) is 0 Å². The van der Waals surface area contributed by atoms with Crippen molar-refractivity contribution < 1.29 is 19.7 Å². The van der Waals surface area contributed by atoms with Gasteiger partial charge in [0, 0.05) is 66.2 Å². The zero-order chi connectivity index (χ0) is 33.1. The second-order valence-electron chi connectivity index (χ2n) is 12.3. The first kappa shape index (κ1) is 36.0. The van der Waals surface area contributed by atoms with Crippen molar-refractivity contribution in [1.82, 2.24) is 19.9 Å². The zero-order valence-electron chi connectivity index (χ0n) is 27.1. The Kier molecular flexibility index (Phi) is 13.7. The maximum Gasteiger partial charge on any atom is 0.251 e. The Balaban J connectivity index is 1.18. The summed E-state index contributed by atoms with van der Waals surface area (Å²) in [6.45, 7) is 2.48. The van der Waals surface area contributed by atoms with Gasteiger partial charge in [-0.1, -0.05) is 41.7 Å². The number of amides is 1. The molecule has 2 aromatic carbocycles. The van der Waals surface area contributed by atoms with Crippen molar-refractivity contribution >= 4 is 41.2 Å². The molecular weight excluding hydrogens is 652 g/mol. The first-order valence-corrected chi connectivity index (χ1v) is 19.2. The minimum absolute atomic E-state index is 0.0689. The third-order valence-electron chi connectivity index (χ3n) is 8.67. The van der Waals surface area contributed by atoms with E-state index in [1.807, 2.05) is 30.8 Å². The molecule has 1 heterocycles. The number of rotatable bonds is 21. The quantitative estimate of drug-likeness (QED) is 0.0570. The molecule has 2 fully saturated rings. The van der Waals surface area contributed by atoms with E-state index in [0.29, 0.717) is 51.5 Å². The summed E-state index contributed by atoms with van der Waals surface area (Å²) in [7, 11) is 0. The molecule has 1 aromatic heterocycles. The Morgan fingerprint density at radius 1 is 1.13 bits per heavy atom. The third-order valence-corrected chi connectivity index (χ3v) is 10.6. The van der Waals surface area contributed by atoms with E-state index in [9.17, 15) is 9.90 Å². The molecule has 0 radical (unpaired) electrons. The number of benzene rings is 2. The number of hydrogen-bond donors (Lipinski definition) is 4. The van der Waals surface area contributed by atoms with Gasteiger partial charge < -0.3 is 25.2 Å². The van der Waals surface area contributed by atoms with E-state index < -0.39 is 6.10 Å². The number of aliphatic hydroxyl groups is 2. The number of unbranched alkanes of at least 4 members (excludes halogenated alkanes) is 1. The summed E-state index contributed by atoms with van der Waals surface area (Å²) in [5.74, 6) is 1.53. The van der Waals surface area contributed by atoms with Gasteiger partial charge in [0.2, 0.25) is 0 Å². The predicted octanol–water partition coefficient (Wildman–Crippen LogP) is 6.42. The molecule has 4 N–H and O–H groups in total. The molecule has 1 amide bonds. The molecule has 2 saturated carbocycles. The summed E-state index contributed by atoms with van der Waals surface area (Å²) in [5, 5.41) is 24.0. The molecule has 1 unspecified atom stereocenters. The lowest BCUT2D eigenvalue weighted by Crippen LogP contribution is -2.42. The van der Waals surface area contributed by atoms with Gasteiger partial charge in [-0.05, 0) is 110 Å². The van der Waals surface area contributed by atoms with E-state index in [0.717, 1.165) is 70.2 Å². The first-order valence-electron chi connectivity index (χ1n) is 16.6. The first-order chi connectivity index (χ1) is 22.9. The Labute approximate surface area is 292 Å². The third kappa shape index (κ3) is 10.3. The number of aliphatic hydroxyl groups excluding tert-OH is 2. The number of halogens is 1. The number of para-hydroxylation sites is 1. The maximum absolute atomic E-state index is 12.9. The Morgan fingerprint density at radius 3 is 2.72 bits per heavy atom. The second kappa shape index (κ2) is 17.9. The largest absolute Gasteiger partial charge is 0.490 e. The van der Waals surface area contributed by atoms with Crippen LogP contribution in [0.25, 0.3) is 11.1 Å². The highest BCUT2D eigenvalue weighted by Gasteiger charge is 2.46. The number of carbonyl (C=O) groups excluding carboxylic acids is 1. The monoisotopic (exact) mass is 698 g/mol. The molecule has 0 saturated heterocycles. The molecule has 11 heteroatoms. The number of carbonyl (C=O) groups is 1. The summed E-state index contributed by atoms with van der Waals surface area (Å²) in [6, 6.07) is 16.6. The van der Waals surface area contributed by atoms with Gasteiger partial charge in [-0.25, -0.2) is 0 Å². The summed E-state index contributed by atoms with van der Waals surface area (Å²) in [4.78, 5) is 20.3. The van der Waals surface area contributed by atoms with Crippen LogP contribution in [0.2, 0.25) is 5.02 Å². The van der Waals surface area contributed by atoms with Crippen molar-refractivity contribution in [3.63, 3.8) is 0 Å². The van der Waals surface area contributed by atoms with Crippen LogP contribution in [0.1, 0.15) is 62.5 Å². The van der Waals surface area contributed by atoms with Crippen LogP contribution in [0.5, 0.6) is 5.75 Å². The molecule has 0 aliphatic heterocycles. The minimum Gasteiger partial charge on any atom is -0.490 e. The normalized spacial score (nSPS) is 15.7. The number of pyridine rings is 1. The van der Waals surface area contributed by atoms with Crippen LogP contribution in [0.3, 0.4) is 0 Å². The van der Waals surface area contributed by atoms with Crippen LogP contribution < -0.4 is 14.8 Å². The molecule has 3 aromatic rings. The Hall–Kier alpha value is -2.31. The van der Waals surface area contributed by atoms with Gasteiger partial charge in [-0.15, -0.1) is 11.8 Å². The lowest BCUT2D eigenvalue weighted by molar-refractivity contribution is -0.140. The van der Waals surface area contributed by atoms with Crippen molar-refractivity contribution in [3.8, 4) is 16.9 Å². The number of nitrogens with one attached hydrogen (secondary N) is 2. The van der Waals surface area contributed by atoms with Gasteiger partial charge >= 0.3 is 0 Å². The van der Waals surface area contributed by atoms with Gasteiger partial charge in [0.25, 0.3) is 5.91 Å². The summed E-state index contributed by atoms with van der Waals surface area (Å²) in [6.07, 6.45) is 11.8. The fraction of sp³-hybridized carbons (Fsp3) is 0.500. The standard InChI is InChI=1S/C36H47ClN4O4S2/c1-46-40-18-20-41(35(44)33(43)8-4-5-21-42)19-6-22-47-28-12-13-32(37)26(23-28)24-39-36(15-16-36)31-25-38-17-14-29(31)30-7-2-3-9-34(30)45-27-10-11-27/h2-3,7,9,12-14,17,23,25,27,33,39-40,42-43H,4-6,8,10-11,15-16,18-22,24H2,1H3. The molecule has 8 nitrogen and oxygen atoms in total. The van der Waals surface area contributed by atoms with Crippen molar-refractivity contribution in [1.29, 1.82) is 0 Å². The van der Waals surface area contributed by atoms with Crippen molar-refractivity contribution in [2.24, 2.45) is 0 Å². The number of thioether (sulfide) groups is 1. The lowest BCUT2D eigenvalue weighted by Gasteiger charge is -2.25. The number of ether oxygens (including phenoxy) is 1. The molecule has 0 bridgehead atoms. The molecular formula is C36H47ClN4O4S2. The van der Waals surface area contributed by atoms with Crippen LogP contribution in [0.4, 0.5) is 0 Å². The van der Waals surface area contributed by atoms with Gasteiger partial charge in [0.1, 0.15) is 11.9 Å². The van der Waals surface area contributed by atoms with E-state index in [2.05, 4.69) is 51.4 Å². The minimum atomic E-state index is -1.03. The summed E-state index contributed by atoms with van der Waals surface area (Å²) in [5.41, 5.74) is 4.35. The Bertz CT molecular complexity index is 1460. The second-order valence-corrected chi connectivity index (χ2v) is 14.6. The highest BCUT2D eigenvalue weighted by molar-refractivity contribution is 7.99. The topological polar surface area (TPSA) is 107 Å². The molecule has 5 rings (SSSR count). The van der Waals surface area contributed by atoms with E-state index in [4.69, 9.17) is 21.4 Å². The van der Waals surface area contributed by atoms with Gasteiger partial charge in [0.05, 0.1) is 6.10 Å². The van der Waals surface area contributed by atoms with Gasteiger partial charge in [-0.3, -0.25) is 14.5 Å². The number of hydrogen-bond acceptors (Lipinski definition) is 9. The molecule has 0 spiro atoms. The van der Waals surface area contributed by atoms with E-state index in [1.165, 1.54) is 17.5 Å². The average Bonchev–Trinajstić information content (AvgIpc) is 4.03. The van der Waals surface area contributed by atoms with Crippen LogP contribution in [-0.4, -0.2) is 76.5 Å². The summed E-state index contributed by atoms with van der Waals surface area (Å²) < 4.78 is 9.46. The maximum atomic E-state index is 12.9. The highest BCUT2D eigenvalue weighted by Crippen LogP contribution is 2.50. The highest BCUT2D eigenvalue weighted by atomic mass is 35.5. The molecule has 2 aliphatic carbocycles. The smallest absolute Gasteiger partial charge is 0.251 e. The van der Waals surface area contributed by atoms with Crippen molar-refractivity contribution in [2.45, 2.75) is 80.6 Å². The van der Waals surface area contributed by atoms with Crippen LogP contribution in [-0.2, 0) is 16.9 Å². The number of aromatic nitrogens is 1. The zero-order valence-corrected chi connectivity index (χ0v) is 29.5. The van der Waals surface area contributed by atoms with Crippen molar-refractivity contribution in [3.05, 3.63) is 77.1 Å². The predicted molar refractivity (Wildman–Crippen MR) is 193 cm³/mol. The fourth-order valence-electron chi connectivity index (χ4n) is 5.72. The van der Waals surface area contributed by atoms with Crippen LogP contribution in [0.15, 0.2) is 65.8 Å². The Morgan fingerprint density at radius 2 is 1.96 bits per heavy atom. The fourth-order valence-corrected chi connectivity index (χ4v) is 7.10.